The molecule has 3 N–H and O–H groups in total. The van der Waals surface area contributed by atoms with Crippen LogP contribution in [0, 0.1) is 5.82 Å². The number of carbonyl (C=O) groups is 1. The Hall–Kier alpha value is -3.93. The lowest BCUT2D eigenvalue weighted by molar-refractivity contribution is 0.0382. The molecule has 1 aliphatic rings. The van der Waals surface area contributed by atoms with E-state index < -0.39 is 5.82 Å². The minimum absolute atomic E-state index is 0.0239. The molecule has 1 saturated heterocycles. The maximum Gasteiger partial charge on any atom is 0.287 e. The molecular weight excluding hydrogens is 515 g/mol. The first-order valence-corrected chi connectivity index (χ1v) is 12.4. The number of morpholine rings is 1. The van der Waals surface area contributed by atoms with Gasteiger partial charge in [-0.2, -0.15) is 4.98 Å². The Morgan fingerprint density at radius 3 is 2.71 bits per heavy atom. The average molecular weight is 541 g/mol. The predicted octanol–water partition coefficient (Wildman–Crippen LogP) is 4.57. The molecule has 12 heteroatoms. The molecule has 10 nitrogen and oxygen atoms in total. The molecule has 0 atom stereocenters. The second kappa shape index (κ2) is 11.6. The standard InChI is InChI=1S/C26H26ClFN6O4/c1-36-22-5-3-18(14-19(22)27)31-24-20(28)15-30-26(33-24)32-17-2-4-21-16(12-17)13-23(38-21)25(35)29-6-7-34-8-10-37-11-9-34/h2-5,12-15H,6-11H2,1H3,(H,29,35)(H2,30,31,32,33). The largest absolute Gasteiger partial charge is 0.495 e. The van der Waals surface area contributed by atoms with Gasteiger partial charge in [-0.15, -0.1) is 0 Å². The van der Waals surface area contributed by atoms with Crippen LogP contribution >= 0.6 is 11.6 Å². The van der Waals surface area contributed by atoms with Gasteiger partial charge in [0, 0.05) is 42.9 Å². The minimum Gasteiger partial charge on any atom is -0.495 e. The molecule has 0 saturated carbocycles. The number of hydrogen-bond donors (Lipinski definition) is 3. The van der Waals surface area contributed by atoms with Crippen molar-refractivity contribution >= 4 is 51.6 Å². The van der Waals surface area contributed by atoms with Gasteiger partial charge in [0.15, 0.2) is 17.4 Å². The molecule has 3 heterocycles. The number of fused-ring (bicyclic) bond motifs is 1. The Morgan fingerprint density at radius 1 is 1.13 bits per heavy atom. The number of hydrogen-bond acceptors (Lipinski definition) is 9. The van der Waals surface area contributed by atoms with Crippen LogP contribution in [0.2, 0.25) is 5.02 Å². The number of furan rings is 1. The molecule has 38 heavy (non-hydrogen) atoms. The molecule has 5 rings (SSSR count). The van der Waals surface area contributed by atoms with Gasteiger partial charge in [-0.3, -0.25) is 9.69 Å². The molecule has 4 aromatic rings. The van der Waals surface area contributed by atoms with E-state index in [0.717, 1.165) is 31.2 Å². The van der Waals surface area contributed by atoms with E-state index in [1.54, 1.807) is 42.5 Å². The average Bonchev–Trinajstić information content (AvgIpc) is 3.35. The third-order valence-corrected chi connectivity index (χ3v) is 6.27. The lowest BCUT2D eigenvalue weighted by atomic mass is 10.2. The van der Waals surface area contributed by atoms with Gasteiger partial charge in [0.25, 0.3) is 5.91 Å². The summed E-state index contributed by atoms with van der Waals surface area (Å²) in [6.45, 7) is 4.43. The van der Waals surface area contributed by atoms with Crippen LogP contribution in [0.15, 0.2) is 53.1 Å². The van der Waals surface area contributed by atoms with Crippen LogP contribution < -0.4 is 20.7 Å². The Kier molecular flexibility index (Phi) is 7.87. The third-order valence-electron chi connectivity index (χ3n) is 5.97. The summed E-state index contributed by atoms with van der Waals surface area (Å²) < 4.78 is 30.6. The highest BCUT2D eigenvalue weighted by molar-refractivity contribution is 6.32. The fourth-order valence-corrected chi connectivity index (χ4v) is 4.26. The van der Waals surface area contributed by atoms with Gasteiger partial charge in [0.05, 0.1) is 31.5 Å². The monoisotopic (exact) mass is 540 g/mol. The molecule has 0 aliphatic carbocycles. The highest BCUT2D eigenvalue weighted by Crippen LogP contribution is 2.30. The van der Waals surface area contributed by atoms with Crippen molar-refractivity contribution in [1.29, 1.82) is 0 Å². The van der Waals surface area contributed by atoms with Gasteiger partial charge in [0.1, 0.15) is 11.3 Å². The summed E-state index contributed by atoms with van der Waals surface area (Å²) in [5, 5.41) is 9.95. The molecule has 0 spiro atoms. The number of benzene rings is 2. The van der Waals surface area contributed by atoms with Gasteiger partial charge < -0.3 is 29.8 Å². The molecule has 0 unspecified atom stereocenters. The van der Waals surface area contributed by atoms with E-state index in [1.807, 2.05) is 0 Å². The maximum absolute atomic E-state index is 14.4. The van der Waals surface area contributed by atoms with Gasteiger partial charge in [-0.1, -0.05) is 11.6 Å². The minimum atomic E-state index is -0.628. The molecule has 2 aromatic heterocycles. The van der Waals surface area contributed by atoms with Crippen molar-refractivity contribution in [2.75, 3.05) is 57.1 Å². The smallest absolute Gasteiger partial charge is 0.287 e. The summed E-state index contributed by atoms with van der Waals surface area (Å²) in [5.74, 6) is -0.0216. The maximum atomic E-state index is 14.4. The topological polar surface area (TPSA) is 114 Å². The molecule has 0 bridgehead atoms. The van der Waals surface area contributed by atoms with Crippen molar-refractivity contribution in [3.63, 3.8) is 0 Å². The van der Waals surface area contributed by atoms with Crippen molar-refractivity contribution < 1.29 is 23.1 Å². The van der Waals surface area contributed by atoms with Gasteiger partial charge in [-0.05, 0) is 42.5 Å². The predicted molar refractivity (Wildman–Crippen MR) is 142 cm³/mol. The highest BCUT2D eigenvalue weighted by atomic mass is 35.5. The summed E-state index contributed by atoms with van der Waals surface area (Å²) in [5.41, 5.74) is 1.74. The Bertz CT molecular complexity index is 1440. The summed E-state index contributed by atoms with van der Waals surface area (Å²) in [4.78, 5) is 23.1. The van der Waals surface area contributed by atoms with Crippen LogP contribution in [-0.4, -0.2) is 67.3 Å². The lowest BCUT2D eigenvalue weighted by Gasteiger charge is -2.26. The second-order valence-corrected chi connectivity index (χ2v) is 8.97. The van der Waals surface area contributed by atoms with Crippen LogP contribution in [0.4, 0.5) is 27.5 Å². The summed E-state index contributed by atoms with van der Waals surface area (Å²) in [6.07, 6.45) is 1.07. The van der Waals surface area contributed by atoms with E-state index in [4.69, 9.17) is 25.5 Å². The number of halogens is 2. The van der Waals surface area contributed by atoms with Crippen LogP contribution in [0.1, 0.15) is 10.6 Å². The molecular formula is C26H26ClFN6O4. The molecule has 1 fully saturated rings. The number of nitrogens with zero attached hydrogens (tertiary/aromatic N) is 3. The van der Waals surface area contributed by atoms with Crippen molar-refractivity contribution in [1.82, 2.24) is 20.2 Å². The first-order chi connectivity index (χ1) is 18.5. The number of ether oxygens (including phenoxy) is 2. The number of rotatable bonds is 9. The zero-order valence-electron chi connectivity index (χ0n) is 20.6. The zero-order chi connectivity index (χ0) is 26.5. The normalized spacial score (nSPS) is 13.9. The van der Waals surface area contributed by atoms with Crippen molar-refractivity contribution in [3.8, 4) is 5.75 Å². The molecule has 1 amide bonds. The number of anilines is 4. The van der Waals surface area contributed by atoms with E-state index >= 15 is 0 Å². The number of aromatic nitrogens is 2. The van der Waals surface area contributed by atoms with Gasteiger partial charge in [0.2, 0.25) is 5.95 Å². The first-order valence-electron chi connectivity index (χ1n) is 12.0. The van der Waals surface area contributed by atoms with E-state index in [1.165, 1.54) is 7.11 Å². The molecule has 198 valence electrons. The Morgan fingerprint density at radius 2 is 1.92 bits per heavy atom. The van der Waals surface area contributed by atoms with Gasteiger partial charge in [-0.25, -0.2) is 9.37 Å². The van der Waals surface area contributed by atoms with Crippen LogP contribution in [-0.2, 0) is 4.74 Å². The number of amides is 1. The van der Waals surface area contributed by atoms with Gasteiger partial charge >= 0.3 is 0 Å². The van der Waals surface area contributed by atoms with Crippen molar-refractivity contribution in [3.05, 3.63) is 65.3 Å². The Balaban J connectivity index is 1.24. The number of methoxy groups -OCH3 is 1. The van der Waals surface area contributed by atoms with E-state index in [-0.39, 0.29) is 23.4 Å². The summed E-state index contributed by atoms with van der Waals surface area (Å²) in [6, 6.07) is 11.9. The van der Waals surface area contributed by atoms with Crippen LogP contribution in [0.5, 0.6) is 5.75 Å². The quantitative estimate of drug-likeness (QED) is 0.281. The summed E-state index contributed by atoms with van der Waals surface area (Å²) >= 11 is 6.16. The lowest BCUT2D eigenvalue weighted by Crippen LogP contribution is -2.41. The molecule has 0 radical (unpaired) electrons. The highest BCUT2D eigenvalue weighted by Gasteiger charge is 2.15. The number of carbonyl (C=O) groups excluding carboxylic acids is 1. The zero-order valence-corrected chi connectivity index (χ0v) is 21.3. The fraction of sp³-hybridized carbons (Fsp3) is 0.269. The van der Waals surface area contributed by atoms with Crippen LogP contribution in [0.3, 0.4) is 0 Å². The van der Waals surface area contributed by atoms with E-state index in [9.17, 15) is 9.18 Å². The SMILES string of the molecule is COc1ccc(Nc2nc(Nc3ccc4oc(C(=O)NCCN5CCOCC5)cc4c3)ncc2F)cc1Cl. The molecule has 2 aromatic carbocycles. The number of nitrogens with one attached hydrogen (secondary N) is 3. The summed E-state index contributed by atoms with van der Waals surface area (Å²) in [7, 11) is 1.51. The van der Waals surface area contributed by atoms with E-state index in [0.29, 0.717) is 47.5 Å². The fourth-order valence-electron chi connectivity index (χ4n) is 4.00. The van der Waals surface area contributed by atoms with Crippen molar-refractivity contribution in [2.45, 2.75) is 0 Å². The second-order valence-electron chi connectivity index (χ2n) is 8.56. The van der Waals surface area contributed by atoms with Crippen LogP contribution in [0.25, 0.3) is 11.0 Å². The van der Waals surface area contributed by atoms with E-state index in [2.05, 4.69) is 30.8 Å². The van der Waals surface area contributed by atoms with Crippen molar-refractivity contribution in [2.24, 2.45) is 0 Å². The third kappa shape index (κ3) is 6.13. The molecule has 1 aliphatic heterocycles. The first kappa shape index (κ1) is 25.7. The Labute approximate surface area is 223 Å².